The number of aromatic nitrogens is 2. The van der Waals surface area contributed by atoms with Gasteiger partial charge in [0.15, 0.2) is 6.23 Å². The van der Waals surface area contributed by atoms with E-state index in [1.807, 2.05) is 13.8 Å². The van der Waals surface area contributed by atoms with Crippen LogP contribution in [0.4, 0.5) is 5.82 Å². The Bertz CT molecular complexity index is 889. The zero-order valence-corrected chi connectivity index (χ0v) is 16.7. The van der Waals surface area contributed by atoms with Crippen LogP contribution < -0.4 is 21.9 Å². The zero-order chi connectivity index (χ0) is 21.9. The van der Waals surface area contributed by atoms with E-state index in [-0.39, 0.29) is 18.2 Å². The first-order chi connectivity index (χ1) is 13.4. The molecule has 14 heteroatoms. The molecule has 13 nitrogen and oxygen atoms in total. The Morgan fingerprint density at radius 2 is 2.07 bits per heavy atom. The van der Waals surface area contributed by atoms with E-state index >= 15 is 0 Å². The number of carbonyl (C=O) groups is 1. The van der Waals surface area contributed by atoms with Gasteiger partial charge in [-0.3, -0.25) is 13.5 Å². The zero-order valence-electron chi connectivity index (χ0n) is 15.8. The number of ether oxygens (including phenoxy) is 1. The van der Waals surface area contributed by atoms with Gasteiger partial charge < -0.3 is 26.4 Å². The number of nitrogens with zero attached hydrogens (tertiary/aromatic N) is 2. The third kappa shape index (κ3) is 5.94. The maximum atomic E-state index is 11.9. The van der Waals surface area contributed by atoms with Crippen LogP contribution in [0.2, 0.25) is 0 Å². The van der Waals surface area contributed by atoms with Crippen molar-refractivity contribution in [1.29, 1.82) is 0 Å². The minimum Gasteiger partial charge on any atom is -0.387 e. The molecule has 0 unspecified atom stereocenters. The normalized spacial score (nSPS) is 25.9. The maximum Gasteiger partial charge on any atom is 0.362 e. The topological polar surface area (TPSA) is 209 Å². The van der Waals surface area contributed by atoms with Crippen molar-refractivity contribution < 1.29 is 32.3 Å². The summed E-state index contributed by atoms with van der Waals surface area (Å²) in [6.45, 7) is 2.91. The van der Waals surface area contributed by atoms with Crippen molar-refractivity contribution in [3.8, 4) is 0 Å². The van der Waals surface area contributed by atoms with Crippen LogP contribution in [-0.2, 0) is 24.0 Å². The molecule has 0 radical (unpaired) electrons. The SMILES string of the molecule is CC(C)C[C@H](N)C(=O)NS(=O)(=O)OC[C@H]1O[C@@H](n2ccc(N)nc2=O)[C@H](O)[C@@H]1O. The van der Waals surface area contributed by atoms with Crippen LogP contribution in [0.1, 0.15) is 26.5 Å². The summed E-state index contributed by atoms with van der Waals surface area (Å²) in [5.41, 5.74) is 10.2. The predicted octanol–water partition coefficient (Wildman–Crippen LogP) is -2.80. The molecule has 1 aliphatic heterocycles. The summed E-state index contributed by atoms with van der Waals surface area (Å²) in [7, 11) is -4.54. The van der Waals surface area contributed by atoms with Crippen molar-refractivity contribution >= 4 is 22.0 Å². The number of anilines is 1. The lowest BCUT2D eigenvalue weighted by molar-refractivity contribution is -0.121. The summed E-state index contributed by atoms with van der Waals surface area (Å²) >= 11 is 0. The highest BCUT2D eigenvalue weighted by molar-refractivity contribution is 7.85. The lowest BCUT2D eigenvalue weighted by atomic mass is 10.0. The minimum absolute atomic E-state index is 0.0447. The van der Waals surface area contributed by atoms with E-state index in [2.05, 4.69) is 9.17 Å². The summed E-state index contributed by atoms with van der Waals surface area (Å²) in [6.07, 6.45) is -4.31. The third-order valence-electron chi connectivity index (χ3n) is 4.14. The minimum atomic E-state index is -4.54. The van der Waals surface area contributed by atoms with Crippen LogP contribution in [0, 0.1) is 5.92 Å². The smallest absolute Gasteiger partial charge is 0.362 e. The van der Waals surface area contributed by atoms with Crippen molar-refractivity contribution in [2.75, 3.05) is 12.3 Å². The van der Waals surface area contributed by atoms with Crippen LogP contribution in [0.25, 0.3) is 0 Å². The van der Waals surface area contributed by atoms with Crippen LogP contribution >= 0.6 is 0 Å². The van der Waals surface area contributed by atoms with Crippen molar-refractivity contribution in [3.63, 3.8) is 0 Å². The maximum absolute atomic E-state index is 11.9. The first kappa shape index (κ1) is 23.2. The van der Waals surface area contributed by atoms with Gasteiger partial charge in [0, 0.05) is 6.20 Å². The molecule has 5 atom stereocenters. The van der Waals surface area contributed by atoms with Gasteiger partial charge in [-0.2, -0.15) is 13.4 Å². The van der Waals surface area contributed by atoms with E-state index in [0.717, 1.165) is 4.57 Å². The number of carbonyl (C=O) groups excluding carboxylic acids is 1. The summed E-state index contributed by atoms with van der Waals surface area (Å²) in [6, 6.07) is 0.242. The Hall–Kier alpha value is -2.10. The molecule has 1 aliphatic rings. The number of aliphatic hydroxyl groups is 2. The van der Waals surface area contributed by atoms with Crippen molar-refractivity contribution in [2.45, 2.75) is 50.8 Å². The van der Waals surface area contributed by atoms with Gasteiger partial charge in [-0.1, -0.05) is 13.8 Å². The van der Waals surface area contributed by atoms with Crippen molar-refractivity contribution in [3.05, 3.63) is 22.7 Å². The van der Waals surface area contributed by atoms with E-state index in [9.17, 15) is 28.2 Å². The molecular weight excluding hydrogens is 410 g/mol. The summed E-state index contributed by atoms with van der Waals surface area (Å²) in [5.74, 6) is -0.910. The van der Waals surface area contributed by atoms with Gasteiger partial charge in [-0.15, -0.1) is 0 Å². The summed E-state index contributed by atoms with van der Waals surface area (Å²) < 4.78 is 36.4. The molecule has 1 aromatic rings. The van der Waals surface area contributed by atoms with E-state index in [1.165, 1.54) is 12.3 Å². The Kier molecular flexibility index (Phi) is 7.31. The van der Waals surface area contributed by atoms with Crippen LogP contribution in [-0.4, -0.2) is 65.0 Å². The highest BCUT2D eigenvalue weighted by atomic mass is 32.2. The van der Waals surface area contributed by atoms with E-state index in [1.54, 1.807) is 4.72 Å². The van der Waals surface area contributed by atoms with Gasteiger partial charge in [-0.25, -0.2) is 9.52 Å². The van der Waals surface area contributed by atoms with Crippen LogP contribution in [0.3, 0.4) is 0 Å². The van der Waals surface area contributed by atoms with Gasteiger partial charge >= 0.3 is 16.0 Å². The van der Waals surface area contributed by atoms with E-state index in [4.69, 9.17) is 16.2 Å². The fraction of sp³-hybridized carbons (Fsp3) is 0.667. The van der Waals surface area contributed by atoms with Crippen LogP contribution in [0.15, 0.2) is 17.1 Å². The number of hydrogen-bond acceptors (Lipinski definition) is 11. The second kappa shape index (κ2) is 9.15. The van der Waals surface area contributed by atoms with Crippen LogP contribution in [0.5, 0.6) is 0 Å². The highest BCUT2D eigenvalue weighted by Crippen LogP contribution is 2.28. The number of hydrogen-bond donors (Lipinski definition) is 5. The second-order valence-electron chi connectivity index (χ2n) is 7.03. The average Bonchev–Trinajstić information content (AvgIpc) is 2.87. The molecule has 164 valence electrons. The Labute approximate surface area is 166 Å². The molecule has 1 amide bonds. The monoisotopic (exact) mass is 435 g/mol. The van der Waals surface area contributed by atoms with Gasteiger partial charge in [0.1, 0.15) is 24.1 Å². The third-order valence-corrected chi connectivity index (χ3v) is 5.04. The summed E-state index contributed by atoms with van der Waals surface area (Å²) in [4.78, 5) is 27.2. The molecule has 1 saturated heterocycles. The first-order valence-electron chi connectivity index (χ1n) is 8.74. The number of nitrogens with two attached hydrogens (primary N) is 2. The molecule has 1 aromatic heterocycles. The quantitative estimate of drug-likeness (QED) is 0.281. The first-order valence-corrected chi connectivity index (χ1v) is 10.1. The molecule has 0 saturated carbocycles. The number of aliphatic hydroxyl groups excluding tert-OH is 2. The van der Waals surface area contributed by atoms with Gasteiger partial charge in [-0.05, 0) is 18.4 Å². The lowest BCUT2D eigenvalue weighted by Crippen LogP contribution is -2.45. The predicted molar refractivity (Wildman–Crippen MR) is 99.3 cm³/mol. The van der Waals surface area contributed by atoms with Gasteiger partial charge in [0.25, 0.3) is 5.91 Å². The number of amides is 1. The van der Waals surface area contributed by atoms with E-state index < -0.39 is 59.1 Å². The number of rotatable bonds is 8. The average molecular weight is 435 g/mol. The highest BCUT2D eigenvalue weighted by Gasteiger charge is 2.45. The molecular formula is C15H25N5O8S. The van der Waals surface area contributed by atoms with E-state index in [0.29, 0.717) is 0 Å². The molecule has 2 rings (SSSR count). The van der Waals surface area contributed by atoms with Gasteiger partial charge in [0.2, 0.25) is 0 Å². The fourth-order valence-electron chi connectivity index (χ4n) is 2.72. The Morgan fingerprint density at radius 3 is 2.66 bits per heavy atom. The van der Waals surface area contributed by atoms with Crippen molar-refractivity contribution in [1.82, 2.24) is 14.3 Å². The molecule has 1 fully saturated rings. The molecule has 0 bridgehead atoms. The van der Waals surface area contributed by atoms with Crippen molar-refractivity contribution in [2.24, 2.45) is 11.7 Å². The largest absolute Gasteiger partial charge is 0.387 e. The second-order valence-corrected chi connectivity index (χ2v) is 8.38. The number of nitrogen functional groups attached to an aromatic ring is 1. The van der Waals surface area contributed by atoms with Gasteiger partial charge in [0.05, 0.1) is 12.6 Å². The molecule has 0 aromatic carbocycles. The molecule has 7 N–H and O–H groups in total. The molecule has 2 heterocycles. The Morgan fingerprint density at radius 1 is 1.41 bits per heavy atom. The standard InChI is InChI=1S/C15H25N5O8S/c1-7(2)5-8(16)13(23)19-29(25,26)27-6-9-11(21)12(22)14(28-9)20-4-3-10(17)18-15(20)24/h3-4,7-9,11-12,14,21-22H,5-6,16H2,1-2H3,(H,19,23)(H2,17,18,24)/t8-,9+,11+,12+,14+/m0/s1. The lowest BCUT2D eigenvalue weighted by Gasteiger charge is -2.17. The fourth-order valence-corrected chi connectivity index (χ4v) is 3.49. The summed E-state index contributed by atoms with van der Waals surface area (Å²) in [5, 5.41) is 20.2. The molecule has 0 spiro atoms. The Balaban J connectivity index is 1.99. The molecule has 0 aliphatic carbocycles. The number of nitrogens with one attached hydrogen (secondary N) is 1. The molecule has 29 heavy (non-hydrogen) atoms.